The van der Waals surface area contributed by atoms with Crippen molar-refractivity contribution >= 4 is 0 Å². The van der Waals surface area contributed by atoms with Crippen molar-refractivity contribution in [1.82, 2.24) is 0 Å². The lowest BCUT2D eigenvalue weighted by Crippen LogP contribution is -2.65. The second kappa shape index (κ2) is 15.7. The van der Waals surface area contributed by atoms with Crippen LogP contribution in [0.5, 0.6) is 0 Å². The molecule has 5 saturated carbocycles. The summed E-state index contributed by atoms with van der Waals surface area (Å²) in [6, 6.07) is 0. The molecule has 0 radical (unpaired) electrons. The Morgan fingerprint density at radius 2 is 1.25 bits per heavy atom. The maximum atomic E-state index is 12.3. The third-order valence-electron chi connectivity index (χ3n) is 19.3. The minimum atomic E-state index is -1.67. The van der Waals surface area contributed by atoms with Gasteiger partial charge in [-0.15, -0.1) is 0 Å². The standard InChI is InChI=1S/C46H76O17/c1-20-28(50)31(53)33(55)38(59-20)62-34-30(52)23(49)18-58-39(34)61-26-10-12-46-19-45(46)14-13-42(6)35(44(8)11-9-27(63-44)41(4,5)56)21(47)16-43(42,7)25(45)15-24(36(46)40(26,2)3)60-37-32(54)29(51)22(48)17-57-37/h20-39,47-56H,9-19H2,1-8H3/t20-,21-,22+,23+,24-,25+,26-,27-,28-,29-,30-,31+,32+,33+,34+,35+,36+,37-,38-,39-,42+,43-,44+,45-,46+/m0/s1. The average molecular weight is 901 g/mol. The summed E-state index contributed by atoms with van der Waals surface area (Å²) in [5, 5.41) is 109. The predicted octanol–water partition coefficient (Wildman–Crippen LogP) is 0.215. The molecule has 10 N–H and O–H groups in total. The largest absolute Gasteiger partial charge is 0.393 e. The Kier molecular flexibility index (Phi) is 11.8. The van der Waals surface area contributed by atoms with Gasteiger partial charge in [0.25, 0.3) is 0 Å². The molecular weight excluding hydrogens is 824 g/mol. The van der Waals surface area contributed by atoms with E-state index in [1.165, 1.54) is 6.92 Å². The molecule has 2 spiro atoms. The van der Waals surface area contributed by atoms with E-state index >= 15 is 0 Å². The quantitative estimate of drug-likeness (QED) is 0.146. The number of aliphatic hydroxyl groups is 10. The smallest absolute Gasteiger partial charge is 0.187 e. The fourth-order valence-corrected chi connectivity index (χ4v) is 16.0. The molecular formula is C46H76O17. The van der Waals surface area contributed by atoms with E-state index in [2.05, 4.69) is 34.6 Å². The lowest BCUT2D eigenvalue weighted by Gasteiger charge is -2.65. The maximum Gasteiger partial charge on any atom is 0.187 e. The number of hydrogen-bond donors (Lipinski definition) is 10. The Morgan fingerprint density at radius 1 is 0.603 bits per heavy atom. The molecule has 0 aromatic rings. The normalized spacial score (nSPS) is 59.0. The zero-order valence-electron chi connectivity index (χ0n) is 38.2. The minimum absolute atomic E-state index is 0.0959. The van der Waals surface area contributed by atoms with Crippen molar-refractivity contribution in [2.24, 2.45) is 44.8 Å². The van der Waals surface area contributed by atoms with E-state index in [0.29, 0.717) is 25.7 Å². The number of ether oxygens (including phenoxy) is 7. The van der Waals surface area contributed by atoms with Crippen molar-refractivity contribution in [2.45, 2.75) is 229 Å². The summed E-state index contributed by atoms with van der Waals surface area (Å²) in [6.07, 6.45) is -13.3. The lowest BCUT2D eigenvalue weighted by molar-refractivity contribution is -0.366. The number of aliphatic hydroxyl groups excluding tert-OH is 9. The van der Waals surface area contributed by atoms with Gasteiger partial charge in [-0.1, -0.05) is 27.7 Å². The Morgan fingerprint density at radius 3 is 1.92 bits per heavy atom. The van der Waals surface area contributed by atoms with Crippen molar-refractivity contribution in [2.75, 3.05) is 13.2 Å². The summed E-state index contributed by atoms with van der Waals surface area (Å²) in [5.41, 5.74) is -3.35. The lowest BCUT2D eigenvalue weighted by atomic mass is 9.41. The first-order chi connectivity index (χ1) is 29.3. The number of fused-ring (bicyclic) bond motifs is 2. The summed E-state index contributed by atoms with van der Waals surface area (Å²) in [5.74, 6) is -0.264. The molecule has 4 heterocycles. The van der Waals surface area contributed by atoms with E-state index in [1.807, 2.05) is 0 Å². The van der Waals surface area contributed by atoms with E-state index in [4.69, 9.17) is 33.2 Å². The third-order valence-corrected chi connectivity index (χ3v) is 19.3. The van der Waals surface area contributed by atoms with Crippen LogP contribution < -0.4 is 0 Å². The van der Waals surface area contributed by atoms with E-state index in [9.17, 15) is 51.1 Å². The van der Waals surface area contributed by atoms with E-state index in [-0.39, 0.29) is 58.7 Å². The highest BCUT2D eigenvalue weighted by molar-refractivity contribution is 5.33. The van der Waals surface area contributed by atoms with Crippen LogP contribution in [-0.4, -0.2) is 180 Å². The van der Waals surface area contributed by atoms with E-state index in [1.54, 1.807) is 13.8 Å². The van der Waals surface area contributed by atoms with Crippen molar-refractivity contribution in [3.63, 3.8) is 0 Å². The summed E-state index contributed by atoms with van der Waals surface area (Å²) < 4.78 is 44.4. The molecule has 17 heteroatoms. The summed E-state index contributed by atoms with van der Waals surface area (Å²) in [6.45, 7) is 15.6. The van der Waals surface area contributed by atoms with Crippen LogP contribution in [0.4, 0.5) is 0 Å². The first-order valence-corrected chi connectivity index (χ1v) is 23.6. The van der Waals surface area contributed by atoms with Gasteiger partial charge in [0, 0.05) is 5.92 Å². The van der Waals surface area contributed by atoms with Gasteiger partial charge < -0.3 is 84.2 Å². The van der Waals surface area contributed by atoms with Crippen molar-refractivity contribution in [3.8, 4) is 0 Å². The van der Waals surface area contributed by atoms with Crippen LogP contribution in [-0.2, 0) is 33.2 Å². The first kappa shape index (κ1) is 47.4. The van der Waals surface area contributed by atoms with Gasteiger partial charge in [-0.2, -0.15) is 0 Å². The Balaban J connectivity index is 1.03. The highest BCUT2D eigenvalue weighted by Gasteiger charge is 2.85. The molecule has 0 amide bonds. The molecule has 5 aliphatic carbocycles. The van der Waals surface area contributed by atoms with Gasteiger partial charge in [-0.25, -0.2) is 0 Å². The Labute approximate surface area is 370 Å². The molecule has 0 aromatic heterocycles. The molecule has 9 rings (SSSR count). The molecule has 9 fully saturated rings. The molecule has 4 aliphatic heterocycles. The monoisotopic (exact) mass is 901 g/mol. The predicted molar refractivity (Wildman–Crippen MR) is 219 cm³/mol. The fourth-order valence-electron chi connectivity index (χ4n) is 16.0. The second-order valence-electron chi connectivity index (χ2n) is 23.4. The molecule has 4 saturated heterocycles. The molecule has 0 bridgehead atoms. The second-order valence-corrected chi connectivity index (χ2v) is 23.4. The minimum Gasteiger partial charge on any atom is -0.393 e. The number of rotatable bonds is 8. The van der Waals surface area contributed by atoms with E-state index < -0.39 is 115 Å². The maximum absolute atomic E-state index is 12.3. The van der Waals surface area contributed by atoms with Crippen LogP contribution in [0.15, 0.2) is 0 Å². The molecule has 9 aliphatic rings. The van der Waals surface area contributed by atoms with Gasteiger partial charge in [-0.05, 0) is 124 Å². The van der Waals surface area contributed by atoms with Crippen LogP contribution in [0.1, 0.15) is 113 Å². The van der Waals surface area contributed by atoms with Crippen molar-refractivity contribution in [3.05, 3.63) is 0 Å². The van der Waals surface area contributed by atoms with Gasteiger partial charge in [0.1, 0.15) is 54.9 Å². The van der Waals surface area contributed by atoms with Gasteiger partial charge in [0.2, 0.25) is 0 Å². The van der Waals surface area contributed by atoms with Crippen LogP contribution >= 0.6 is 0 Å². The molecule has 17 nitrogen and oxygen atoms in total. The Hall–Kier alpha value is -0.680. The van der Waals surface area contributed by atoms with Gasteiger partial charge >= 0.3 is 0 Å². The highest BCUT2D eigenvalue weighted by Crippen LogP contribution is 2.89. The molecule has 0 unspecified atom stereocenters. The molecule has 0 aromatic carbocycles. The van der Waals surface area contributed by atoms with Crippen LogP contribution in [0.2, 0.25) is 0 Å². The summed E-state index contributed by atoms with van der Waals surface area (Å²) in [4.78, 5) is 0. The topological polar surface area (TPSA) is 267 Å². The fraction of sp³-hybridized carbons (Fsp3) is 1.00. The van der Waals surface area contributed by atoms with Crippen molar-refractivity contribution in [1.29, 1.82) is 0 Å². The van der Waals surface area contributed by atoms with Crippen LogP contribution in [0.3, 0.4) is 0 Å². The molecule has 63 heavy (non-hydrogen) atoms. The number of hydrogen-bond acceptors (Lipinski definition) is 17. The van der Waals surface area contributed by atoms with Gasteiger partial charge in [0.05, 0.1) is 54.9 Å². The summed E-state index contributed by atoms with van der Waals surface area (Å²) >= 11 is 0. The zero-order valence-corrected chi connectivity index (χ0v) is 38.2. The average Bonchev–Trinajstić information content (AvgIpc) is 3.57. The van der Waals surface area contributed by atoms with E-state index in [0.717, 1.165) is 32.1 Å². The zero-order chi connectivity index (χ0) is 45.8. The third kappa shape index (κ3) is 6.94. The first-order valence-electron chi connectivity index (χ1n) is 23.6. The molecule has 362 valence electrons. The van der Waals surface area contributed by atoms with Gasteiger partial charge in [0.15, 0.2) is 18.9 Å². The molecule has 25 atom stereocenters. The van der Waals surface area contributed by atoms with Crippen LogP contribution in [0.25, 0.3) is 0 Å². The highest BCUT2D eigenvalue weighted by atomic mass is 16.8. The Bertz CT molecular complexity index is 1700. The summed E-state index contributed by atoms with van der Waals surface area (Å²) in [7, 11) is 0. The SMILES string of the molecule is C[C@@H]1O[C@@H](O[C@H]2[C@H](O[C@H]3CC[C@]45C[C@]46CC[C@]4(C)[C@H]([C@@]7(C)CC[C@@H](C(C)(C)O)O7)[C@@H](O)C[C@@]4(C)[C@H]6C[C@H](O[C@@H]4OC[C@@H](O)[C@H](O)[C@H]4O)[C@@H]5C3(C)C)OC[C@@H](O)[C@@H]2O)[C@H](O)[C@H](O)[C@H]1O. The van der Waals surface area contributed by atoms with Gasteiger partial charge in [-0.3, -0.25) is 0 Å². The van der Waals surface area contributed by atoms with Crippen LogP contribution in [0, 0.1) is 44.8 Å². The van der Waals surface area contributed by atoms with Crippen molar-refractivity contribution < 1.29 is 84.2 Å².